The lowest BCUT2D eigenvalue weighted by Gasteiger charge is -2.11. The van der Waals surface area contributed by atoms with Crippen molar-refractivity contribution in [1.29, 1.82) is 0 Å². The van der Waals surface area contributed by atoms with Gasteiger partial charge in [0.1, 0.15) is 0 Å². The van der Waals surface area contributed by atoms with Crippen molar-refractivity contribution in [2.45, 2.75) is 30.9 Å². The van der Waals surface area contributed by atoms with Crippen LogP contribution in [-0.2, 0) is 14.8 Å². The van der Waals surface area contributed by atoms with Crippen molar-refractivity contribution in [2.24, 2.45) is 11.8 Å². The molecule has 84 valence electrons. The number of hydrogen-bond donors (Lipinski definition) is 1. The molecule has 2 atom stereocenters. The third-order valence-corrected chi connectivity index (χ3v) is 5.49. The maximum absolute atomic E-state index is 11.7. The van der Waals surface area contributed by atoms with Gasteiger partial charge in [-0.1, -0.05) is 6.08 Å². The molecule has 15 heavy (non-hydrogen) atoms. The molecule has 2 aliphatic carbocycles. The van der Waals surface area contributed by atoms with E-state index in [9.17, 15) is 13.2 Å². The average Bonchev–Trinajstić information content (AvgIpc) is 2.97. The highest BCUT2D eigenvalue weighted by Gasteiger charge is 2.52. The van der Waals surface area contributed by atoms with Crippen LogP contribution in [0.1, 0.15) is 26.2 Å². The Kier molecular flexibility index (Phi) is 2.19. The summed E-state index contributed by atoms with van der Waals surface area (Å²) in [6, 6.07) is 0. The Morgan fingerprint density at radius 3 is 2.53 bits per heavy atom. The number of nitrogens with one attached hydrogen (secondary N) is 1. The first-order valence-corrected chi connectivity index (χ1v) is 6.57. The number of hydrogen-bond acceptors (Lipinski definition) is 3. The van der Waals surface area contributed by atoms with Crippen LogP contribution >= 0.6 is 0 Å². The number of allylic oxidation sites excluding steroid dienone is 1. The molecule has 2 fully saturated rings. The third kappa shape index (κ3) is 1.80. The molecule has 0 aromatic heterocycles. The first-order valence-electron chi connectivity index (χ1n) is 5.08. The minimum absolute atomic E-state index is 0.159. The highest BCUT2D eigenvalue weighted by atomic mass is 32.2. The second-order valence-electron chi connectivity index (χ2n) is 4.66. The molecular formula is C10H15NO3S. The Morgan fingerprint density at radius 2 is 2.13 bits per heavy atom. The van der Waals surface area contributed by atoms with Gasteiger partial charge in [-0.05, 0) is 32.1 Å². The van der Waals surface area contributed by atoms with Gasteiger partial charge < -0.3 is 0 Å². The van der Waals surface area contributed by atoms with Crippen molar-refractivity contribution in [1.82, 2.24) is 4.72 Å². The van der Waals surface area contributed by atoms with Gasteiger partial charge >= 0.3 is 0 Å². The number of carbonyl (C=O) groups is 1. The van der Waals surface area contributed by atoms with E-state index in [1.165, 1.54) is 0 Å². The molecule has 2 aliphatic rings. The number of carbonyl (C=O) groups excluding carboxylic acids is 1. The van der Waals surface area contributed by atoms with Crippen LogP contribution in [0.5, 0.6) is 0 Å². The lowest BCUT2D eigenvalue weighted by Crippen LogP contribution is -2.39. The molecule has 1 amide bonds. The minimum Gasteiger partial charge on any atom is -0.274 e. The zero-order chi connectivity index (χ0) is 11.3. The van der Waals surface area contributed by atoms with Gasteiger partial charge in [0.05, 0.1) is 4.75 Å². The maximum Gasteiger partial charge on any atom is 0.240 e. The second-order valence-corrected chi connectivity index (χ2v) is 6.86. The molecule has 0 aromatic carbocycles. The molecule has 0 bridgehead atoms. The van der Waals surface area contributed by atoms with E-state index in [4.69, 9.17) is 0 Å². The zero-order valence-corrected chi connectivity index (χ0v) is 9.51. The minimum atomic E-state index is -3.46. The Balaban J connectivity index is 1.98. The van der Waals surface area contributed by atoms with Gasteiger partial charge in [0.25, 0.3) is 0 Å². The molecule has 0 heterocycles. The monoisotopic (exact) mass is 229 g/mol. The van der Waals surface area contributed by atoms with E-state index in [-0.39, 0.29) is 17.7 Å². The van der Waals surface area contributed by atoms with Gasteiger partial charge in [0.2, 0.25) is 15.9 Å². The lowest BCUT2D eigenvalue weighted by molar-refractivity contribution is -0.120. The summed E-state index contributed by atoms with van der Waals surface area (Å²) in [4.78, 5) is 11.5. The van der Waals surface area contributed by atoms with E-state index in [2.05, 4.69) is 11.3 Å². The van der Waals surface area contributed by atoms with Crippen molar-refractivity contribution in [2.75, 3.05) is 0 Å². The van der Waals surface area contributed by atoms with Crippen LogP contribution in [0, 0.1) is 11.8 Å². The van der Waals surface area contributed by atoms with Crippen molar-refractivity contribution < 1.29 is 13.2 Å². The van der Waals surface area contributed by atoms with Gasteiger partial charge in [0.15, 0.2) is 0 Å². The fourth-order valence-corrected chi connectivity index (χ4v) is 2.85. The van der Waals surface area contributed by atoms with Crippen LogP contribution in [-0.4, -0.2) is 19.1 Å². The van der Waals surface area contributed by atoms with Gasteiger partial charge in [-0.2, -0.15) is 0 Å². The van der Waals surface area contributed by atoms with Crippen LogP contribution in [0.2, 0.25) is 0 Å². The summed E-state index contributed by atoms with van der Waals surface area (Å²) in [7, 11) is -3.46. The second kappa shape index (κ2) is 3.07. The van der Waals surface area contributed by atoms with Crippen LogP contribution in [0.15, 0.2) is 12.7 Å². The molecule has 0 radical (unpaired) electrons. The van der Waals surface area contributed by atoms with E-state index < -0.39 is 14.8 Å². The quantitative estimate of drug-likeness (QED) is 0.725. The molecule has 0 saturated heterocycles. The molecule has 0 aromatic rings. The molecule has 4 nitrogen and oxygen atoms in total. The zero-order valence-electron chi connectivity index (χ0n) is 8.69. The molecule has 0 aliphatic heterocycles. The Hall–Kier alpha value is -0.840. The smallest absolute Gasteiger partial charge is 0.240 e. The van der Waals surface area contributed by atoms with Crippen LogP contribution < -0.4 is 4.72 Å². The largest absolute Gasteiger partial charge is 0.274 e. The first kappa shape index (κ1) is 10.7. The van der Waals surface area contributed by atoms with Crippen LogP contribution in [0.4, 0.5) is 0 Å². The predicted octanol–water partition coefficient (Wildman–Crippen LogP) is 0.807. The fourth-order valence-electron chi connectivity index (χ4n) is 1.55. The normalized spacial score (nSPS) is 31.8. The first-order chi connectivity index (χ1) is 6.89. The summed E-state index contributed by atoms with van der Waals surface area (Å²) in [6.45, 7) is 5.25. The standard InChI is InChI=1S/C10H15NO3S/c1-3-7-6-8(7)9(12)11-15(13,14)10(2)4-5-10/h3,7-8H,1,4-6H2,2H3,(H,11,12)/t7-,8+/m1/s1. The molecule has 5 heteroatoms. The van der Waals surface area contributed by atoms with Gasteiger partial charge in [0, 0.05) is 5.92 Å². The number of rotatable bonds is 4. The SMILES string of the molecule is C=C[C@@H]1C[C@@H]1C(=O)NS(=O)(=O)C1(C)CC1. The topological polar surface area (TPSA) is 63.2 Å². The highest BCUT2D eigenvalue weighted by molar-refractivity contribution is 7.91. The summed E-state index contributed by atoms with van der Waals surface area (Å²) < 4.78 is 24.9. The Labute approximate surface area is 89.8 Å². The summed E-state index contributed by atoms with van der Waals surface area (Å²) in [6.07, 6.45) is 3.72. The van der Waals surface area contributed by atoms with E-state index in [1.54, 1.807) is 13.0 Å². The van der Waals surface area contributed by atoms with E-state index in [1.807, 2.05) is 0 Å². The molecule has 0 spiro atoms. The summed E-state index contributed by atoms with van der Waals surface area (Å²) >= 11 is 0. The lowest BCUT2D eigenvalue weighted by atomic mass is 10.3. The van der Waals surface area contributed by atoms with Gasteiger partial charge in [-0.25, -0.2) is 8.42 Å². The van der Waals surface area contributed by atoms with E-state index in [0.717, 1.165) is 6.42 Å². The van der Waals surface area contributed by atoms with E-state index in [0.29, 0.717) is 12.8 Å². The Bertz CT molecular complexity index is 408. The fraction of sp³-hybridized carbons (Fsp3) is 0.700. The third-order valence-electron chi connectivity index (χ3n) is 3.32. The van der Waals surface area contributed by atoms with Crippen LogP contribution in [0.3, 0.4) is 0 Å². The Morgan fingerprint density at radius 1 is 1.53 bits per heavy atom. The molecule has 2 saturated carbocycles. The van der Waals surface area contributed by atoms with E-state index >= 15 is 0 Å². The summed E-state index contributed by atoms with van der Waals surface area (Å²) in [5, 5.41) is 0. The molecular weight excluding hydrogens is 214 g/mol. The van der Waals surface area contributed by atoms with Crippen LogP contribution in [0.25, 0.3) is 0 Å². The predicted molar refractivity (Wildman–Crippen MR) is 56.5 cm³/mol. The summed E-state index contributed by atoms with van der Waals surface area (Å²) in [5.74, 6) is -0.389. The van der Waals surface area contributed by atoms with Crippen molar-refractivity contribution in [3.05, 3.63) is 12.7 Å². The maximum atomic E-state index is 11.7. The van der Waals surface area contributed by atoms with Gasteiger partial charge in [-0.15, -0.1) is 6.58 Å². The molecule has 0 unspecified atom stereocenters. The summed E-state index contributed by atoms with van der Waals surface area (Å²) in [5.41, 5.74) is 0. The average molecular weight is 229 g/mol. The van der Waals surface area contributed by atoms with Crippen molar-refractivity contribution in [3.8, 4) is 0 Å². The van der Waals surface area contributed by atoms with Crippen molar-refractivity contribution >= 4 is 15.9 Å². The highest BCUT2D eigenvalue weighted by Crippen LogP contribution is 2.44. The molecule has 1 N–H and O–H groups in total. The van der Waals surface area contributed by atoms with Gasteiger partial charge in [-0.3, -0.25) is 9.52 Å². The number of amides is 1. The van der Waals surface area contributed by atoms with Crippen molar-refractivity contribution in [3.63, 3.8) is 0 Å². The molecule has 2 rings (SSSR count). The number of sulfonamides is 1.